The quantitative estimate of drug-likeness (QED) is 0.576. The van der Waals surface area contributed by atoms with E-state index in [1.807, 2.05) is 11.0 Å². The van der Waals surface area contributed by atoms with Crippen LogP contribution < -0.4 is 4.90 Å². The van der Waals surface area contributed by atoms with Crippen LogP contribution in [0, 0.1) is 27.7 Å². The number of amides is 1. The standard InChI is InChI=1S/C24H28N2O2S/c1-15-7-8-21-22(12-15)29-24(25-21)26(14-19-6-5-9-28-19)23(27)13-20-17(3)10-16(2)11-18(20)4/h7-8,10-12,19H,5-6,9,13-14H2,1-4H3. The molecule has 29 heavy (non-hydrogen) atoms. The van der Waals surface area contributed by atoms with E-state index in [1.165, 1.54) is 22.3 Å². The molecule has 0 aliphatic carbocycles. The second kappa shape index (κ2) is 8.25. The van der Waals surface area contributed by atoms with E-state index in [9.17, 15) is 4.79 Å². The van der Waals surface area contributed by atoms with Crippen molar-refractivity contribution in [3.05, 3.63) is 58.1 Å². The summed E-state index contributed by atoms with van der Waals surface area (Å²) in [6, 6.07) is 10.5. The van der Waals surface area contributed by atoms with E-state index in [4.69, 9.17) is 9.72 Å². The number of carbonyl (C=O) groups excluding carboxylic acids is 1. The second-order valence-corrected chi connectivity index (χ2v) is 9.17. The molecule has 1 fully saturated rings. The number of fused-ring (bicyclic) bond motifs is 1. The number of ether oxygens (including phenoxy) is 1. The van der Waals surface area contributed by atoms with Crippen LogP contribution in [0.1, 0.15) is 40.7 Å². The van der Waals surface area contributed by atoms with Crippen LogP contribution in [0.2, 0.25) is 0 Å². The smallest absolute Gasteiger partial charge is 0.233 e. The summed E-state index contributed by atoms with van der Waals surface area (Å²) in [5.74, 6) is 0.0892. The van der Waals surface area contributed by atoms with Gasteiger partial charge in [-0.3, -0.25) is 9.69 Å². The average molecular weight is 409 g/mol. The van der Waals surface area contributed by atoms with Gasteiger partial charge in [-0.25, -0.2) is 4.98 Å². The molecule has 1 unspecified atom stereocenters. The predicted molar refractivity (Wildman–Crippen MR) is 120 cm³/mol. The minimum absolute atomic E-state index is 0.0892. The van der Waals surface area contributed by atoms with Crippen LogP contribution >= 0.6 is 11.3 Å². The Bertz CT molecular complexity index is 1030. The molecule has 2 aromatic carbocycles. The number of benzene rings is 2. The molecule has 1 aliphatic rings. The Morgan fingerprint density at radius 1 is 1.14 bits per heavy atom. The predicted octanol–water partition coefficient (Wildman–Crippen LogP) is 5.28. The Morgan fingerprint density at radius 2 is 1.90 bits per heavy atom. The zero-order valence-electron chi connectivity index (χ0n) is 17.6. The van der Waals surface area contributed by atoms with Gasteiger partial charge < -0.3 is 4.74 Å². The molecule has 0 saturated carbocycles. The van der Waals surface area contributed by atoms with E-state index in [2.05, 4.69) is 52.0 Å². The Balaban J connectivity index is 1.66. The van der Waals surface area contributed by atoms with Crippen molar-refractivity contribution in [2.24, 2.45) is 0 Å². The molecule has 1 aliphatic heterocycles. The van der Waals surface area contributed by atoms with Gasteiger partial charge in [0.25, 0.3) is 0 Å². The van der Waals surface area contributed by atoms with Gasteiger partial charge in [0, 0.05) is 6.61 Å². The first-order valence-corrected chi connectivity index (χ1v) is 11.1. The first-order valence-electron chi connectivity index (χ1n) is 10.3. The molecule has 1 amide bonds. The summed E-state index contributed by atoms with van der Waals surface area (Å²) < 4.78 is 6.96. The molecule has 4 rings (SSSR count). The van der Waals surface area contributed by atoms with Crippen LogP contribution in [0.5, 0.6) is 0 Å². The summed E-state index contributed by atoms with van der Waals surface area (Å²) in [5.41, 5.74) is 6.85. The number of hydrogen-bond acceptors (Lipinski definition) is 4. The van der Waals surface area contributed by atoms with Crippen molar-refractivity contribution in [3.8, 4) is 0 Å². The Labute approximate surface area is 176 Å². The van der Waals surface area contributed by atoms with E-state index in [0.29, 0.717) is 13.0 Å². The monoisotopic (exact) mass is 408 g/mol. The molecule has 152 valence electrons. The highest BCUT2D eigenvalue weighted by Crippen LogP contribution is 2.31. The maximum absolute atomic E-state index is 13.5. The first-order chi connectivity index (χ1) is 13.9. The summed E-state index contributed by atoms with van der Waals surface area (Å²) in [4.78, 5) is 20.1. The van der Waals surface area contributed by atoms with E-state index < -0.39 is 0 Å². The van der Waals surface area contributed by atoms with Gasteiger partial charge in [-0.2, -0.15) is 0 Å². The molecule has 1 aromatic heterocycles. The lowest BCUT2D eigenvalue weighted by molar-refractivity contribution is -0.118. The maximum Gasteiger partial charge on any atom is 0.233 e. The molecule has 0 radical (unpaired) electrons. The van der Waals surface area contributed by atoms with E-state index in [-0.39, 0.29) is 12.0 Å². The number of aromatic nitrogens is 1. The maximum atomic E-state index is 13.5. The lowest BCUT2D eigenvalue weighted by Gasteiger charge is -2.24. The van der Waals surface area contributed by atoms with Crippen LogP contribution in [0.15, 0.2) is 30.3 Å². The average Bonchev–Trinajstić information content (AvgIpc) is 3.31. The highest BCUT2D eigenvalue weighted by Gasteiger charge is 2.27. The van der Waals surface area contributed by atoms with Crippen molar-refractivity contribution in [1.29, 1.82) is 0 Å². The van der Waals surface area contributed by atoms with Gasteiger partial charge in [0.05, 0.1) is 29.3 Å². The van der Waals surface area contributed by atoms with E-state index >= 15 is 0 Å². The Kier molecular flexibility index (Phi) is 5.70. The molecule has 5 heteroatoms. The molecular formula is C24H28N2O2S. The van der Waals surface area contributed by atoms with Crippen molar-refractivity contribution < 1.29 is 9.53 Å². The number of thiazole rings is 1. The third kappa shape index (κ3) is 4.36. The van der Waals surface area contributed by atoms with Gasteiger partial charge in [0.15, 0.2) is 5.13 Å². The van der Waals surface area contributed by atoms with Crippen molar-refractivity contribution >= 4 is 32.6 Å². The molecule has 3 aromatic rings. The minimum atomic E-state index is 0.0892. The Morgan fingerprint density at radius 3 is 2.59 bits per heavy atom. The van der Waals surface area contributed by atoms with Crippen molar-refractivity contribution in [2.45, 2.75) is 53.1 Å². The van der Waals surface area contributed by atoms with E-state index in [1.54, 1.807) is 11.3 Å². The SMILES string of the molecule is Cc1cc(C)c(CC(=O)N(CC2CCCO2)c2nc3ccc(C)cc3s2)c(C)c1. The van der Waals surface area contributed by atoms with Crippen LogP contribution in [0.3, 0.4) is 0 Å². The lowest BCUT2D eigenvalue weighted by Crippen LogP contribution is -2.38. The van der Waals surface area contributed by atoms with Gasteiger partial charge in [0.2, 0.25) is 5.91 Å². The van der Waals surface area contributed by atoms with Crippen LogP contribution in [-0.4, -0.2) is 30.1 Å². The van der Waals surface area contributed by atoms with Gasteiger partial charge >= 0.3 is 0 Å². The normalized spacial score (nSPS) is 16.5. The molecular weight excluding hydrogens is 380 g/mol. The topological polar surface area (TPSA) is 42.4 Å². The summed E-state index contributed by atoms with van der Waals surface area (Å²) in [6.07, 6.45) is 2.53. The van der Waals surface area contributed by atoms with Crippen LogP contribution in [0.25, 0.3) is 10.2 Å². The fraction of sp³-hybridized carbons (Fsp3) is 0.417. The molecule has 1 saturated heterocycles. The van der Waals surface area contributed by atoms with Crippen molar-refractivity contribution in [2.75, 3.05) is 18.1 Å². The zero-order chi connectivity index (χ0) is 20.5. The molecule has 0 spiro atoms. The van der Waals surface area contributed by atoms with Gasteiger partial charge in [-0.05, 0) is 74.9 Å². The van der Waals surface area contributed by atoms with Crippen molar-refractivity contribution in [1.82, 2.24) is 4.98 Å². The first kappa shape index (κ1) is 20.0. The van der Waals surface area contributed by atoms with E-state index in [0.717, 1.165) is 40.4 Å². The summed E-state index contributed by atoms with van der Waals surface area (Å²) in [5, 5.41) is 0.772. The third-order valence-corrected chi connectivity index (χ3v) is 6.68. The van der Waals surface area contributed by atoms with Crippen LogP contribution in [0.4, 0.5) is 5.13 Å². The highest BCUT2D eigenvalue weighted by atomic mass is 32.1. The number of nitrogens with zero attached hydrogens (tertiary/aromatic N) is 2. The molecule has 2 heterocycles. The second-order valence-electron chi connectivity index (χ2n) is 8.16. The number of aryl methyl sites for hydroxylation is 4. The van der Waals surface area contributed by atoms with Crippen LogP contribution in [-0.2, 0) is 16.0 Å². The fourth-order valence-electron chi connectivity index (χ4n) is 4.15. The summed E-state index contributed by atoms with van der Waals surface area (Å²) in [6.45, 7) is 9.71. The largest absolute Gasteiger partial charge is 0.376 e. The molecule has 1 atom stereocenters. The fourth-order valence-corrected chi connectivity index (χ4v) is 5.24. The summed E-state index contributed by atoms with van der Waals surface area (Å²) >= 11 is 1.59. The number of rotatable bonds is 5. The third-order valence-electron chi connectivity index (χ3n) is 5.64. The van der Waals surface area contributed by atoms with Gasteiger partial charge in [-0.15, -0.1) is 0 Å². The summed E-state index contributed by atoms with van der Waals surface area (Å²) in [7, 11) is 0. The molecule has 0 N–H and O–H groups in total. The van der Waals surface area contributed by atoms with Crippen molar-refractivity contribution in [3.63, 3.8) is 0 Å². The molecule has 0 bridgehead atoms. The number of hydrogen-bond donors (Lipinski definition) is 0. The Hall–Kier alpha value is -2.24. The molecule has 4 nitrogen and oxygen atoms in total. The highest BCUT2D eigenvalue weighted by molar-refractivity contribution is 7.22. The number of anilines is 1. The van der Waals surface area contributed by atoms with Gasteiger partial charge in [0.1, 0.15) is 0 Å². The zero-order valence-corrected chi connectivity index (χ0v) is 18.4. The van der Waals surface area contributed by atoms with Gasteiger partial charge in [-0.1, -0.05) is 35.1 Å². The lowest BCUT2D eigenvalue weighted by atomic mass is 9.97. The number of carbonyl (C=O) groups is 1. The minimum Gasteiger partial charge on any atom is -0.376 e.